The molecule has 1 unspecified atom stereocenters. The predicted molar refractivity (Wildman–Crippen MR) is 56.5 cm³/mol. The normalized spacial score (nSPS) is 13.2. The van der Waals surface area contributed by atoms with Gasteiger partial charge in [0.15, 0.2) is 0 Å². The average Bonchev–Trinajstić information content (AvgIpc) is 2.06. The van der Waals surface area contributed by atoms with Crippen LogP contribution in [0.4, 0.5) is 0 Å². The molecule has 0 saturated heterocycles. The van der Waals surface area contributed by atoms with E-state index in [1.807, 2.05) is 0 Å². The lowest BCUT2D eigenvalue weighted by atomic mass is 10.0. The fourth-order valence-electron chi connectivity index (χ4n) is 1.63. The smallest absolute Gasteiger partial charge is 0.00668 e. The lowest BCUT2D eigenvalue weighted by Crippen LogP contribution is -2.28. The van der Waals surface area contributed by atoms with Crippen LogP contribution in [0.15, 0.2) is 0 Å². The summed E-state index contributed by atoms with van der Waals surface area (Å²) in [5, 5.41) is 3.54. The Morgan fingerprint density at radius 3 is 2.17 bits per heavy atom. The first-order valence-electron chi connectivity index (χ1n) is 5.58. The maximum Gasteiger partial charge on any atom is 0.00668 e. The maximum atomic E-state index is 3.54. The van der Waals surface area contributed by atoms with Crippen LogP contribution in [0.2, 0.25) is 0 Å². The van der Waals surface area contributed by atoms with Crippen molar-refractivity contribution in [2.45, 2.75) is 65.3 Å². The van der Waals surface area contributed by atoms with E-state index in [1.54, 1.807) is 0 Å². The summed E-state index contributed by atoms with van der Waals surface area (Å²) in [5.74, 6) is 0. The summed E-state index contributed by atoms with van der Waals surface area (Å²) in [6.07, 6.45) is 8.15. The molecule has 0 aliphatic heterocycles. The summed E-state index contributed by atoms with van der Waals surface area (Å²) < 4.78 is 0. The number of hydrogen-bond donors (Lipinski definition) is 1. The van der Waals surface area contributed by atoms with E-state index in [-0.39, 0.29) is 0 Å². The third-order valence-corrected chi connectivity index (χ3v) is 2.29. The highest BCUT2D eigenvalue weighted by molar-refractivity contribution is 4.64. The standard InChI is InChI=1S/C11H25N/c1-4-7-8-10-11(9-5-2)12-6-3/h11-12H,4-10H2,1-3H3. The van der Waals surface area contributed by atoms with Gasteiger partial charge in [-0.2, -0.15) is 0 Å². The third-order valence-electron chi connectivity index (χ3n) is 2.29. The highest BCUT2D eigenvalue weighted by Gasteiger charge is 2.03. The molecule has 1 N–H and O–H groups in total. The molecular weight excluding hydrogens is 146 g/mol. The Kier molecular flexibility index (Phi) is 9.02. The van der Waals surface area contributed by atoms with Crippen LogP contribution in [-0.2, 0) is 0 Å². The van der Waals surface area contributed by atoms with Crippen molar-refractivity contribution >= 4 is 0 Å². The molecule has 0 aromatic rings. The molecule has 1 heteroatoms. The molecule has 0 saturated carbocycles. The summed E-state index contributed by atoms with van der Waals surface area (Å²) in [6.45, 7) is 7.85. The molecule has 0 aliphatic rings. The lowest BCUT2D eigenvalue weighted by molar-refractivity contribution is 0.440. The maximum absolute atomic E-state index is 3.54. The zero-order chi connectivity index (χ0) is 9.23. The first-order valence-corrected chi connectivity index (χ1v) is 5.58. The Hall–Kier alpha value is -0.0400. The zero-order valence-electron chi connectivity index (χ0n) is 9.03. The van der Waals surface area contributed by atoms with Gasteiger partial charge in [0.05, 0.1) is 0 Å². The Labute approximate surface area is 77.9 Å². The molecule has 74 valence electrons. The van der Waals surface area contributed by atoms with Gasteiger partial charge in [-0.25, -0.2) is 0 Å². The molecule has 1 nitrogen and oxygen atoms in total. The molecule has 0 bridgehead atoms. The summed E-state index contributed by atoms with van der Waals surface area (Å²) in [6, 6.07) is 0.784. The Morgan fingerprint density at radius 1 is 0.917 bits per heavy atom. The van der Waals surface area contributed by atoms with E-state index >= 15 is 0 Å². The molecule has 0 aromatic heterocycles. The first kappa shape index (κ1) is 12.0. The van der Waals surface area contributed by atoms with Gasteiger partial charge in [-0.1, -0.05) is 46.5 Å². The third kappa shape index (κ3) is 6.66. The largest absolute Gasteiger partial charge is 0.314 e. The van der Waals surface area contributed by atoms with Crippen molar-refractivity contribution in [3.63, 3.8) is 0 Å². The van der Waals surface area contributed by atoms with E-state index in [0.29, 0.717) is 0 Å². The van der Waals surface area contributed by atoms with Gasteiger partial charge in [0.2, 0.25) is 0 Å². The Balaban J connectivity index is 3.34. The van der Waals surface area contributed by atoms with Gasteiger partial charge in [-0.05, 0) is 19.4 Å². The van der Waals surface area contributed by atoms with Crippen LogP contribution < -0.4 is 5.32 Å². The molecule has 0 fully saturated rings. The lowest BCUT2D eigenvalue weighted by Gasteiger charge is -2.16. The van der Waals surface area contributed by atoms with Crippen molar-refractivity contribution in [1.29, 1.82) is 0 Å². The van der Waals surface area contributed by atoms with E-state index in [9.17, 15) is 0 Å². The minimum absolute atomic E-state index is 0.784. The summed E-state index contributed by atoms with van der Waals surface area (Å²) in [7, 11) is 0. The molecule has 0 amide bonds. The molecule has 12 heavy (non-hydrogen) atoms. The summed E-state index contributed by atoms with van der Waals surface area (Å²) in [5.41, 5.74) is 0. The number of nitrogens with one attached hydrogen (secondary N) is 1. The molecule has 0 rings (SSSR count). The molecule has 1 atom stereocenters. The highest BCUT2D eigenvalue weighted by atomic mass is 14.9. The topological polar surface area (TPSA) is 12.0 Å². The van der Waals surface area contributed by atoms with Crippen molar-refractivity contribution in [2.24, 2.45) is 0 Å². The van der Waals surface area contributed by atoms with Crippen LogP contribution in [0.25, 0.3) is 0 Å². The fourth-order valence-corrected chi connectivity index (χ4v) is 1.63. The van der Waals surface area contributed by atoms with Crippen LogP contribution in [-0.4, -0.2) is 12.6 Å². The Morgan fingerprint density at radius 2 is 1.67 bits per heavy atom. The highest BCUT2D eigenvalue weighted by Crippen LogP contribution is 2.07. The van der Waals surface area contributed by atoms with Crippen molar-refractivity contribution in [2.75, 3.05) is 6.54 Å². The second kappa shape index (κ2) is 9.05. The minimum atomic E-state index is 0.784. The number of hydrogen-bond acceptors (Lipinski definition) is 1. The van der Waals surface area contributed by atoms with Gasteiger partial charge in [0, 0.05) is 6.04 Å². The molecular formula is C11H25N. The Bertz CT molecular complexity index is 75.1. The predicted octanol–water partition coefficient (Wildman–Crippen LogP) is 3.34. The van der Waals surface area contributed by atoms with E-state index in [2.05, 4.69) is 26.1 Å². The van der Waals surface area contributed by atoms with Crippen molar-refractivity contribution in [3.05, 3.63) is 0 Å². The van der Waals surface area contributed by atoms with Gasteiger partial charge in [-0.15, -0.1) is 0 Å². The monoisotopic (exact) mass is 171 g/mol. The van der Waals surface area contributed by atoms with Gasteiger partial charge in [-0.3, -0.25) is 0 Å². The average molecular weight is 171 g/mol. The van der Waals surface area contributed by atoms with Crippen LogP contribution >= 0.6 is 0 Å². The van der Waals surface area contributed by atoms with Gasteiger partial charge < -0.3 is 5.32 Å². The molecule has 0 aromatic carbocycles. The second-order valence-electron chi connectivity index (χ2n) is 3.54. The zero-order valence-corrected chi connectivity index (χ0v) is 9.03. The van der Waals surface area contributed by atoms with Gasteiger partial charge in [0.1, 0.15) is 0 Å². The van der Waals surface area contributed by atoms with Crippen LogP contribution in [0, 0.1) is 0 Å². The summed E-state index contributed by atoms with van der Waals surface area (Å²) in [4.78, 5) is 0. The SMILES string of the molecule is CCCCCC(CCC)NCC. The van der Waals surface area contributed by atoms with Gasteiger partial charge >= 0.3 is 0 Å². The molecule has 0 aliphatic carbocycles. The van der Waals surface area contributed by atoms with Crippen molar-refractivity contribution in [1.82, 2.24) is 5.32 Å². The second-order valence-corrected chi connectivity index (χ2v) is 3.54. The number of unbranched alkanes of at least 4 members (excludes halogenated alkanes) is 2. The van der Waals surface area contributed by atoms with E-state index in [0.717, 1.165) is 12.6 Å². The molecule has 0 spiro atoms. The van der Waals surface area contributed by atoms with Crippen LogP contribution in [0.1, 0.15) is 59.3 Å². The van der Waals surface area contributed by atoms with E-state index < -0.39 is 0 Å². The van der Waals surface area contributed by atoms with Crippen LogP contribution in [0.5, 0.6) is 0 Å². The van der Waals surface area contributed by atoms with Crippen molar-refractivity contribution < 1.29 is 0 Å². The summed E-state index contributed by atoms with van der Waals surface area (Å²) >= 11 is 0. The van der Waals surface area contributed by atoms with E-state index in [4.69, 9.17) is 0 Å². The quantitative estimate of drug-likeness (QED) is 0.552. The minimum Gasteiger partial charge on any atom is -0.314 e. The molecule has 0 radical (unpaired) electrons. The van der Waals surface area contributed by atoms with Crippen LogP contribution in [0.3, 0.4) is 0 Å². The number of rotatable bonds is 8. The fraction of sp³-hybridized carbons (Fsp3) is 1.00. The van der Waals surface area contributed by atoms with Gasteiger partial charge in [0.25, 0.3) is 0 Å². The van der Waals surface area contributed by atoms with Crippen molar-refractivity contribution in [3.8, 4) is 0 Å². The first-order chi connectivity index (χ1) is 5.85. The van der Waals surface area contributed by atoms with E-state index in [1.165, 1.54) is 38.5 Å². The molecule has 0 heterocycles.